The van der Waals surface area contributed by atoms with Gasteiger partial charge in [0.05, 0.1) is 12.2 Å². The fourth-order valence-corrected chi connectivity index (χ4v) is 3.97. The van der Waals surface area contributed by atoms with Crippen LogP contribution in [-0.4, -0.2) is 54.7 Å². The van der Waals surface area contributed by atoms with Crippen molar-refractivity contribution >= 4 is 11.6 Å². The van der Waals surface area contributed by atoms with Crippen LogP contribution in [-0.2, 0) is 11.3 Å². The van der Waals surface area contributed by atoms with Gasteiger partial charge in [-0.05, 0) is 55.7 Å². The molecule has 1 amide bonds. The van der Waals surface area contributed by atoms with E-state index in [1.807, 2.05) is 58.1 Å². The molecule has 8 nitrogen and oxygen atoms in total. The third-order valence-corrected chi connectivity index (χ3v) is 5.61. The Balaban J connectivity index is 1.27. The highest BCUT2D eigenvalue weighted by atomic mass is 16.5. The maximum atomic E-state index is 12.3. The van der Waals surface area contributed by atoms with Gasteiger partial charge in [-0.25, -0.2) is 14.5 Å². The van der Waals surface area contributed by atoms with E-state index in [1.54, 1.807) is 12.5 Å². The minimum atomic E-state index is 0.0570. The monoisotopic (exact) mass is 416 g/mol. The Labute approximate surface area is 180 Å². The van der Waals surface area contributed by atoms with E-state index in [1.165, 1.54) is 6.42 Å². The van der Waals surface area contributed by atoms with Gasteiger partial charge in [-0.3, -0.25) is 4.79 Å². The van der Waals surface area contributed by atoms with Crippen LogP contribution in [0.4, 0.5) is 0 Å². The van der Waals surface area contributed by atoms with E-state index >= 15 is 0 Å². The summed E-state index contributed by atoms with van der Waals surface area (Å²) in [6.07, 6.45) is 8.67. The van der Waals surface area contributed by atoms with Crippen LogP contribution in [0, 0.1) is 0 Å². The van der Waals surface area contributed by atoms with Crippen LogP contribution in [0.5, 0.6) is 5.75 Å². The summed E-state index contributed by atoms with van der Waals surface area (Å²) in [4.78, 5) is 23.0. The molecular formula is C23H24N6O2. The molecule has 1 saturated heterocycles. The first kappa shape index (κ1) is 19.3. The molecule has 1 aliphatic heterocycles. The van der Waals surface area contributed by atoms with Gasteiger partial charge >= 0.3 is 0 Å². The highest BCUT2D eigenvalue weighted by Crippen LogP contribution is 2.22. The number of benzene rings is 1. The van der Waals surface area contributed by atoms with E-state index in [4.69, 9.17) is 4.74 Å². The summed E-state index contributed by atoms with van der Waals surface area (Å²) in [6, 6.07) is 13.6. The van der Waals surface area contributed by atoms with Gasteiger partial charge in [0.15, 0.2) is 12.3 Å². The first-order chi connectivity index (χ1) is 15.3. The lowest BCUT2D eigenvalue weighted by atomic mass is 10.1. The Kier molecular flexibility index (Phi) is 5.35. The summed E-state index contributed by atoms with van der Waals surface area (Å²) in [5, 5.41) is 4.31. The Morgan fingerprint density at radius 3 is 2.68 bits per heavy atom. The van der Waals surface area contributed by atoms with E-state index < -0.39 is 0 Å². The average Bonchev–Trinajstić information content (AvgIpc) is 3.48. The zero-order valence-electron chi connectivity index (χ0n) is 17.2. The van der Waals surface area contributed by atoms with Crippen molar-refractivity contribution in [2.75, 3.05) is 19.7 Å². The highest BCUT2D eigenvalue weighted by Gasteiger charge is 2.17. The number of piperidine rings is 1. The van der Waals surface area contributed by atoms with Gasteiger partial charge in [-0.2, -0.15) is 5.10 Å². The molecule has 4 aromatic rings. The molecule has 0 aliphatic carbocycles. The predicted octanol–water partition coefficient (Wildman–Crippen LogP) is 3.03. The molecule has 0 radical (unpaired) electrons. The van der Waals surface area contributed by atoms with Gasteiger partial charge in [0, 0.05) is 31.0 Å². The summed E-state index contributed by atoms with van der Waals surface area (Å²) < 4.78 is 9.63. The molecule has 4 heterocycles. The number of hydrogen-bond donors (Lipinski definition) is 0. The van der Waals surface area contributed by atoms with Crippen molar-refractivity contribution in [3.05, 3.63) is 66.9 Å². The first-order valence-corrected chi connectivity index (χ1v) is 10.6. The minimum Gasteiger partial charge on any atom is -0.484 e. The number of ether oxygens (including phenoxy) is 1. The zero-order chi connectivity index (χ0) is 21.0. The zero-order valence-corrected chi connectivity index (χ0v) is 17.2. The lowest BCUT2D eigenvalue weighted by Crippen LogP contribution is -2.38. The molecule has 158 valence electrons. The molecule has 1 aromatic carbocycles. The summed E-state index contributed by atoms with van der Waals surface area (Å²) in [5.41, 5.74) is 2.82. The molecule has 0 spiro atoms. The molecular weight excluding hydrogens is 392 g/mol. The Morgan fingerprint density at radius 2 is 1.84 bits per heavy atom. The topological polar surface area (TPSA) is 77.5 Å². The Hall–Kier alpha value is -3.68. The highest BCUT2D eigenvalue weighted by molar-refractivity contribution is 5.77. The van der Waals surface area contributed by atoms with Gasteiger partial charge in [0.25, 0.3) is 5.91 Å². The Morgan fingerprint density at radius 1 is 1.00 bits per heavy atom. The fourth-order valence-electron chi connectivity index (χ4n) is 3.97. The second kappa shape index (κ2) is 8.59. The Bertz CT molecular complexity index is 1170. The third-order valence-electron chi connectivity index (χ3n) is 5.61. The molecule has 0 saturated carbocycles. The number of likely N-dealkylation sites (tertiary alicyclic amines) is 1. The quantitative estimate of drug-likeness (QED) is 0.483. The van der Waals surface area contributed by atoms with Gasteiger partial charge in [0.2, 0.25) is 0 Å². The van der Waals surface area contributed by atoms with Crippen LogP contribution in [0.2, 0.25) is 0 Å². The van der Waals surface area contributed by atoms with Crippen molar-refractivity contribution in [1.82, 2.24) is 29.0 Å². The van der Waals surface area contributed by atoms with Crippen LogP contribution in [0.15, 0.2) is 61.2 Å². The van der Waals surface area contributed by atoms with Crippen LogP contribution in [0.1, 0.15) is 25.0 Å². The van der Waals surface area contributed by atoms with E-state index in [-0.39, 0.29) is 12.5 Å². The molecule has 31 heavy (non-hydrogen) atoms. The fraction of sp³-hybridized carbons (Fsp3) is 0.304. The van der Waals surface area contributed by atoms with Crippen LogP contribution in [0.3, 0.4) is 0 Å². The lowest BCUT2D eigenvalue weighted by molar-refractivity contribution is -0.134. The number of fused-ring (bicyclic) bond motifs is 1. The number of carbonyl (C=O) groups excluding carboxylic acids is 1. The van der Waals surface area contributed by atoms with Gasteiger partial charge in [-0.1, -0.05) is 6.07 Å². The number of amides is 1. The molecule has 8 heteroatoms. The molecule has 3 aromatic heterocycles. The molecule has 0 atom stereocenters. The number of imidazole rings is 1. The molecule has 0 unspecified atom stereocenters. The predicted molar refractivity (Wildman–Crippen MR) is 116 cm³/mol. The average molecular weight is 416 g/mol. The van der Waals surface area contributed by atoms with Crippen molar-refractivity contribution in [1.29, 1.82) is 0 Å². The molecule has 0 bridgehead atoms. The SMILES string of the molecule is O=C(COc1ccc(-c2nccn2Cc2cccc3ncnn23)cc1)N1CCCCC1. The summed E-state index contributed by atoms with van der Waals surface area (Å²) in [6.45, 7) is 2.38. The van der Waals surface area contributed by atoms with E-state index in [0.29, 0.717) is 12.3 Å². The van der Waals surface area contributed by atoms with Crippen molar-refractivity contribution in [2.24, 2.45) is 0 Å². The van der Waals surface area contributed by atoms with E-state index in [9.17, 15) is 4.79 Å². The molecule has 1 fully saturated rings. The van der Waals surface area contributed by atoms with Crippen LogP contribution < -0.4 is 4.74 Å². The normalized spacial score (nSPS) is 14.1. The van der Waals surface area contributed by atoms with E-state index in [0.717, 1.165) is 48.7 Å². The van der Waals surface area contributed by atoms with Crippen LogP contribution >= 0.6 is 0 Å². The van der Waals surface area contributed by atoms with Crippen molar-refractivity contribution in [3.63, 3.8) is 0 Å². The maximum Gasteiger partial charge on any atom is 0.260 e. The molecule has 5 rings (SSSR count). The summed E-state index contributed by atoms with van der Waals surface area (Å²) >= 11 is 0. The standard InChI is InChI=1S/C23H24N6O2/c30-22(27-12-2-1-3-13-27)16-31-20-9-7-18(8-10-20)23-24-11-14-28(23)15-19-5-4-6-21-25-17-26-29(19)21/h4-11,14,17H,1-3,12-13,15-16H2. The van der Waals surface area contributed by atoms with Gasteiger partial charge in [-0.15, -0.1) is 0 Å². The summed E-state index contributed by atoms with van der Waals surface area (Å²) in [7, 11) is 0. The number of nitrogens with zero attached hydrogens (tertiary/aromatic N) is 6. The number of carbonyl (C=O) groups is 1. The summed E-state index contributed by atoms with van der Waals surface area (Å²) in [5.74, 6) is 1.59. The number of aromatic nitrogens is 5. The number of hydrogen-bond acceptors (Lipinski definition) is 5. The van der Waals surface area contributed by atoms with E-state index in [2.05, 4.69) is 19.6 Å². The lowest BCUT2D eigenvalue weighted by Gasteiger charge is -2.26. The minimum absolute atomic E-state index is 0.0570. The van der Waals surface area contributed by atoms with Crippen molar-refractivity contribution in [2.45, 2.75) is 25.8 Å². The smallest absolute Gasteiger partial charge is 0.260 e. The van der Waals surface area contributed by atoms with Gasteiger partial charge in [0.1, 0.15) is 17.9 Å². The number of rotatable bonds is 6. The second-order valence-corrected chi connectivity index (χ2v) is 7.68. The first-order valence-electron chi connectivity index (χ1n) is 10.6. The van der Waals surface area contributed by atoms with Gasteiger partial charge < -0.3 is 14.2 Å². The number of pyridine rings is 1. The largest absolute Gasteiger partial charge is 0.484 e. The van der Waals surface area contributed by atoms with Crippen LogP contribution in [0.25, 0.3) is 17.0 Å². The third kappa shape index (κ3) is 4.14. The maximum absolute atomic E-state index is 12.3. The molecule has 0 N–H and O–H groups in total. The molecule has 1 aliphatic rings. The van der Waals surface area contributed by atoms with Crippen molar-refractivity contribution < 1.29 is 9.53 Å². The second-order valence-electron chi connectivity index (χ2n) is 7.68. The van der Waals surface area contributed by atoms with Crippen molar-refractivity contribution in [3.8, 4) is 17.1 Å².